The van der Waals surface area contributed by atoms with Crippen molar-refractivity contribution < 1.29 is 9.53 Å². The van der Waals surface area contributed by atoms with Crippen LogP contribution in [0.4, 0.5) is 0 Å². The monoisotopic (exact) mass is 275 g/mol. The van der Waals surface area contributed by atoms with E-state index in [0.29, 0.717) is 24.2 Å². The van der Waals surface area contributed by atoms with Crippen LogP contribution >= 0.6 is 0 Å². The van der Waals surface area contributed by atoms with Gasteiger partial charge in [0, 0.05) is 43.6 Å². The van der Waals surface area contributed by atoms with Crippen molar-refractivity contribution in [3.63, 3.8) is 0 Å². The summed E-state index contributed by atoms with van der Waals surface area (Å²) in [5.41, 5.74) is 0.703. The molecule has 3 heterocycles. The van der Waals surface area contributed by atoms with Crippen LogP contribution in [0, 0.1) is 0 Å². The fraction of sp³-hybridized carbons (Fsp3) is 0.600. The number of hydrogen-bond acceptors (Lipinski definition) is 4. The van der Waals surface area contributed by atoms with Gasteiger partial charge in [-0.25, -0.2) is 0 Å². The molecule has 2 saturated heterocycles. The van der Waals surface area contributed by atoms with Crippen molar-refractivity contribution in [1.82, 2.24) is 14.8 Å². The lowest BCUT2D eigenvalue weighted by molar-refractivity contribution is -0.0582. The molecule has 0 aliphatic carbocycles. The number of fused-ring (bicyclic) bond motifs is 1. The molecule has 0 spiro atoms. The van der Waals surface area contributed by atoms with E-state index >= 15 is 0 Å². The average Bonchev–Trinajstić information content (AvgIpc) is 2.90. The number of carbonyl (C=O) groups is 1. The molecule has 0 saturated carbocycles. The van der Waals surface area contributed by atoms with Gasteiger partial charge in [-0.05, 0) is 26.0 Å². The zero-order chi connectivity index (χ0) is 14.1. The molecule has 1 amide bonds. The van der Waals surface area contributed by atoms with Crippen molar-refractivity contribution >= 4 is 5.91 Å². The summed E-state index contributed by atoms with van der Waals surface area (Å²) in [6.07, 6.45) is 3.47. The highest BCUT2D eigenvalue weighted by molar-refractivity contribution is 5.94. The minimum absolute atomic E-state index is 0.0779. The van der Waals surface area contributed by atoms with Gasteiger partial charge in [0.15, 0.2) is 0 Å². The van der Waals surface area contributed by atoms with Gasteiger partial charge in [-0.15, -0.1) is 0 Å². The molecule has 5 nitrogen and oxygen atoms in total. The van der Waals surface area contributed by atoms with Gasteiger partial charge in [-0.3, -0.25) is 14.7 Å². The number of pyridine rings is 1. The summed E-state index contributed by atoms with van der Waals surface area (Å²) >= 11 is 0. The number of likely N-dealkylation sites (tertiary alicyclic amines) is 1. The van der Waals surface area contributed by atoms with Crippen molar-refractivity contribution in [3.05, 3.63) is 30.1 Å². The highest BCUT2D eigenvalue weighted by Gasteiger charge is 2.42. The van der Waals surface area contributed by atoms with E-state index in [9.17, 15) is 4.79 Å². The Kier molecular flexibility index (Phi) is 3.72. The molecule has 108 valence electrons. The largest absolute Gasteiger partial charge is 0.373 e. The van der Waals surface area contributed by atoms with Crippen LogP contribution in [-0.4, -0.2) is 65.1 Å². The molecule has 20 heavy (non-hydrogen) atoms. The quantitative estimate of drug-likeness (QED) is 0.808. The second-order valence-corrected chi connectivity index (χ2v) is 5.75. The van der Waals surface area contributed by atoms with Crippen LogP contribution in [0.15, 0.2) is 24.5 Å². The molecule has 0 unspecified atom stereocenters. The number of ether oxygens (including phenoxy) is 1. The molecular formula is C15H21N3O2. The summed E-state index contributed by atoms with van der Waals surface area (Å²) < 4.78 is 5.85. The maximum absolute atomic E-state index is 12.5. The van der Waals surface area contributed by atoms with Crippen molar-refractivity contribution in [3.8, 4) is 0 Å². The predicted octanol–water partition coefficient (Wildman–Crippen LogP) is 1.02. The fourth-order valence-corrected chi connectivity index (χ4v) is 3.20. The number of amides is 1. The summed E-state index contributed by atoms with van der Waals surface area (Å²) in [4.78, 5) is 20.8. The zero-order valence-corrected chi connectivity index (χ0v) is 12.0. The van der Waals surface area contributed by atoms with Gasteiger partial charge in [0.25, 0.3) is 5.91 Å². The molecule has 2 fully saturated rings. The van der Waals surface area contributed by atoms with Crippen molar-refractivity contribution in [1.29, 1.82) is 0 Å². The number of rotatable bonds is 2. The van der Waals surface area contributed by atoms with E-state index in [4.69, 9.17) is 4.74 Å². The van der Waals surface area contributed by atoms with Crippen molar-refractivity contribution in [2.75, 3.05) is 26.2 Å². The van der Waals surface area contributed by atoms with E-state index in [0.717, 1.165) is 19.7 Å². The van der Waals surface area contributed by atoms with Gasteiger partial charge < -0.3 is 9.64 Å². The Hall–Kier alpha value is -1.46. The topological polar surface area (TPSA) is 45.7 Å². The number of morpholine rings is 1. The van der Waals surface area contributed by atoms with Crippen LogP contribution < -0.4 is 0 Å². The molecular weight excluding hydrogens is 254 g/mol. The van der Waals surface area contributed by atoms with E-state index in [1.54, 1.807) is 24.5 Å². The summed E-state index contributed by atoms with van der Waals surface area (Å²) in [7, 11) is 0. The van der Waals surface area contributed by atoms with Gasteiger partial charge in [0.2, 0.25) is 0 Å². The van der Waals surface area contributed by atoms with Gasteiger partial charge in [-0.2, -0.15) is 0 Å². The third-order valence-corrected chi connectivity index (χ3v) is 4.22. The van der Waals surface area contributed by atoms with Crippen LogP contribution in [0.3, 0.4) is 0 Å². The summed E-state index contributed by atoms with van der Waals surface area (Å²) in [5, 5.41) is 0. The van der Waals surface area contributed by atoms with Crippen LogP contribution in [0.1, 0.15) is 24.2 Å². The Morgan fingerprint density at radius 2 is 2.10 bits per heavy atom. The van der Waals surface area contributed by atoms with Crippen molar-refractivity contribution in [2.24, 2.45) is 0 Å². The lowest BCUT2D eigenvalue weighted by Crippen LogP contribution is -2.53. The van der Waals surface area contributed by atoms with Crippen LogP contribution in [0.2, 0.25) is 0 Å². The average molecular weight is 275 g/mol. The molecule has 2 atom stereocenters. The second kappa shape index (κ2) is 5.50. The Morgan fingerprint density at radius 1 is 1.35 bits per heavy atom. The summed E-state index contributed by atoms with van der Waals surface area (Å²) in [5.74, 6) is 0.0779. The lowest BCUT2D eigenvalue weighted by atomic mass is 10.1. The minimum Gasteiger partial charge on any atom is -0.373 e. The summed E-state index contributed by atoms with van der Waals surface area (Å²) in [6.45, 7) is 7.57. The Morgan fingerprint density at radius 3 is 2.80 bits per heavy atom. The molecule has 0 bridgehead atoms. The Balaban J connectivity index is 1.74. The smallest absolute Gasteiger partial charge is 0.254 e. The Labute approximate surface area is 119 Å². The molecule has 0 radical (unpaired) electrons. The highest BCUT2D eigenvalue weighted by atomic mass is 16.5. The molecule has 2 aliphatic heterocycles. The highest BCUT2D eigenvalue weighted by Crippen LogP contribution is 2.25. The van der Waals surface area contributed by atoms with Crippen LogP contribution in [-0.2, 0) is 4.74 Å². The SMILES string of the molecule is CC(C)N1CCO[C@@H]2CN(C(=O)c3ccncc3)C[C@@H]21. The summed E-state index contributed by atoms with van der Waals surface area (Å²) in [6, 6.07) is 4.36. The molecule has 1 aromatic rings. The van der Waals surface area contributed by atoms with Crippen LogP contribution in [0.5, 0.6) is 0 Å². The van der Waals surface area contributed by atoms with Gasteiger partial charge >= 0.3 is 0 Å². The number of carbonyl (C=O) groups excluding carboxylic acids is 1. The first kappa shape index (κ1) is 13.5. The number of aromatic nitrogens is 1. The first-order chi connectivity index (χ1) is 9.66. The second-order valence-electron chi connectivity index (χ2n) is 5.75. The van der Waals surface area contributed by atoms with Crippen LogP contribution in [0.25, 0.3) is 0 Å². The maximum Gasteiger partial charge on any atom is 0.254 e. The first-order valence-electron chi connectivity index (χ1n) is 7.23. The lowest BCUT2D eigenvalue weighted by Gasteiger charge is -2.39. The molecule has 0 N–H and O–H groups in total. The first-order valence-corrected chi connectivity index (χ1v) is 7.23. The molecule has 2 aliphatic rings. The normalized spacial score (nSPS) is 26.9. The van der Waals surface area contributed by atoms with E-state index in [1.165, 1.54) is 0 Å². The van der Waals surface area contributed by atoms with E-state index in [1.807, 2.05) is 4.90 Å². The molecule has 1 aromatic heterocycles. The maximum atomic E-state index is 12.5. The van der Waals surface area contributed by atoms with E-state index < -0.39 is 0 Å². The standard InChI is InChI=1S/C15H21N3O2/c1-11(2)18-7-8-20-14-10-17(9-13(14)18)15(19)12-3-5-16-6-4-12/h3-6,11,13-14H,7-10H2,1-2H3/t13-,14+/m0/s1. The number of nitrogens with zero attached hydrogens (tertiary/aromatic N) is 3. The van der Waals surface area contributed by atoms with Gasteiger partial charge in [0.05, 0.1) is 18.8 Å². The third kappa shape index (κ3) is 2.43. The fourth-order valence-electron chi connectivity index (χ4n) is 3.20. The van der Waals surface area contributed by atoms with E-state index in [-0.39, 0.29) is 12.0 Å². The molecule has 0 aromatic carbocycles. The zero-order valence-electron chi connectivity index (χ0n) is 12.0. The van der Waals surface area contributed by atoms with Gasteiger partial charge in [0.1, 0.15) is 0 Å². The van der Waals surface area contributed by atoms with E-state index in [2.05, 4.69) is 23.7 Å². The van der Waals surface area contributed by atoms with Crippen molar-refractivity contribution in [2.45, 2.75) is 32.0 Å². The van der Waals surface area contributed by atoms with Gasteiger partial charge in [-0.1, -0.05) is 0 Å². The third-order valence-electron chi connectivity index (χ3n) is 4.22. The predicted molar refractivity (Wildman–Crippen MR) is 75.5 cm³/mol. The number of hydrogen-bond donors (Lipinski definition) is 0. The molecule has 5 heteroatoms. The molecule has 3 rings (SSSR count). The Bertz CT molecular complexity index is 477. The minimum atomic E-state index is 0.0779.